The minimum Gasteiger partial charge on any atom is -0.548 e. The molecule has 1 aliphatic heterocycles. The standard InChI is InChI=1S/C9H10ClN3O2/c10-7-3-4-8(12-11-7)13-5-1-2-6(13)9(14)15/h3-4,6H,1-2,5H2,(H,14,15)/p-1/t6-/m0/s1. The molecule has 0 spiro atoms. The highest BCUT2D eigenvalue weighted by molar-refractivity contribution is 6.29. The van der Waals surface area contributed by atoms with Crippen LogP contribution in [-0.4, -0.2) is 28.8 Å². The van der Waals surface area contributed by atoms with Crippen molar-refractivity contribution in [2.45, 2.75) is 18.9 Å². The molecule has 1 aromatic heterocycles. The molecule has 1 aliphatic rings. The van der Waals surface area contributed by atoms with Gasteiger partial charge in [0.15, 0.2) is 11.0 Å². The van der Waals surface area contributed by atoms with Crippen LogP contribution in [0.1, 0.15) is 12.8 Å². The topological polar surface area (TPSA) is 69.2 Å². The number of carbonyl (C=O) groups excluding carboxylic acids is 1. The van der Waals surface area contributed by atoms with Crippen molar-refractivity contribution in [3.8, 4) is 0 Å². The summed E-state index contributed by atoms with van der Waals surface area (Å²) in [5.74, 6) is -0.532. The lowest BCUT2D eigenvalue weighted by Gasteiger charge is -2.25. The highest BCUT2D eigenvalue weighted by Crippen LogP contribution is 2.23. The monoisotopic (exact) mass is 226 g/mol. The maximum absolute atomic E-state index is 10.8. The fourth-order valence-corrected chi connectivity index (χ4v) is 1.85. The van der Waals surface area contributed by atoms with Crippen LogP contribution in [0.25, 0.3) is 0 Å². The Kier molecular flexibility index (Phi) is 2.73. The highest BCUT2D eigenvalue weighted by Gasteiger charge is 2.26. The first kappa shape index (κ1) is 10.2. The van der Waals surface area contributed by atoms with Gasteiger partial charge in [-0.15, -0.1) is 10.2 Å². The molecule has 0 unspecified atom stereocenters. The summed E-state index contributed by atoms with van der Waals surface area (Å²) in [6, 6.07) is 2.66. The quantitative estimate of drug-likeness (QED) is 0.702. The maximum Gasteiger partial charge on any atom is 0.151 e. The van der Waals surface area contributed by atoms with Crippen LogP contribution in [-0.2, 0) is 4.79 Å². The van der Waals surface area contributed by atoms with Crippen molar-refractivity contribution in [2.24, 2.45) is 0 Å². The van der Waals surface area contributed by atoms with Gasteiger partial charge in [-0.05, 0) is 25.0 Å². The second-order valence-electron chi connectivity index (χ2n) is 3.38. The van der Waals surface area contributed by atoms with Crippen LogP contribution in [0.15, 0.2) is 12.1 Å². The smallest absolute Gasteiger partial charge is 0.151 e. The van der Waals surface area contributed by atoms with Gasteiger partial charge in [0.05, 0.1) is 12.0 Å². The second-order valence-corrected chi connectivity index (χ2v) is 3.77. The van der Waals surface area contributed by atoms with E-state index >= 15 is 0 Å². The Bertz CT molecular complexity index is 368. The van der Waals surface area contributed by atoms with Crippen LogP contribution in [0, 0.1) is 0 Å². The third-order valence-corrected chi connectivity index (χ3v) is 2.64. The van der Waals surface area contributed by atoms with Gasteiger partial charge >= 0.3 is 0 Å². The van der Waals surface area contributed by atoms with E-state index in [1.165, 1.54) is 0 Å². The van der Waals surface area contributed by atoms with E-state index in [-0.39, 0.29) is 0 Å². The molecule has 1 fully saturated rings. The van der Waals surface area contributed by atoms with Crippen LogP contribution in [0.4, 0.5) is 5.82 Å². The number of nitrogens with zero attached hydrogens (tertiary/aromatic N) is 3. The Balaban J connectivity index is 2.22. The van der Waals surface area contributed by atoms with Crippen LogP contribution < -0.4 is 10.0 Å². The van der Waals surface area contributed by atoms with Gasteiger partial charge in [0.1, 0.15) is 0 Å². The fraction of sp³-hybridized carbons (Fsp3) is 0.444. The van der Waals surface area contributed by atoms with E-state index < -0.39 is 12.0 Å². The van der Waals surface area contributed by atoms with Gasteiger partial charge in [0.2, 0.25) is 0 Å². The molecule has 1 atom stereocenters. The first-order valence-electron chi connectivity index (χ1n) is 4.65. The maximum atomic E-state index is 10.8. The number of aliphatic carboxylic acids is 1. The molecular weight excluding hydrogens is 218 g/mol. The van der Waals surface area contributed by atoms with Gasteiger partial charge in [-0.25, -0.2) is 0 Å². The summed E-state index contributed by atoms with van der Waals surface area (Å²) in [4.78, 5) is 12.5. The highest BCUT2D eigenvalue weighted by atomic mass is 35.5. The van der Waals surface area contributed by atoms with E-state index in [2.05, 4.69) is 10.2 Å². The number of halogens is 1. The number of anilines is 1. The number of rotatable bonds is 2. The Morgan fingerprint density at radius 1 is 1.53 bits per heavy atom. The van der Waals surface area contributed by atoms with Crippen molar-refractivity contribution >= 4 is 23.4 Å². The lowest BCUT2D eigenvalue weighted by Crippen LogP contribution is -2.44. The molecule has 0 amide bonds. The zero-order valence-corrected chi connectivity index (χ0v) is 8.65. The van der Waals surface area contributed by atoms with Crippen molar-refractivity contribution < 1.29 is 9.90 Å². The number of hydrogen-bond acceptors (Lipinski definition) is 5. The summed E-state index contributed by atoms with van der Waals surface area (Å²) < 4.78 is 0. The summed E-state index contributed by atoms with van der Waals surface area (Å²) in [6.07, 6.45) is 1.41. The third-order valence-electron chi connectivity index (χ3n) is 2.44. The molecule has 0 radical (unpaired) electrons. The number of hydrogen-bond donors (Lipinski definition) is 0. The molecule has 2 heterocycles. The number of carboxylic acids is 1. The SMILES string of the molecule is O=C([O-])[C@@H]1CCCN1c1ccc(Cl)nn1. The van der Waals surface area contributed by atoms with Crippen molar-refractivity contribution in [1.29, 1.82) is 0 Å². The van der Waals surface area contributed by atoms with E-state index in [1.807, 2.05) is 0 Å². The molecule has 80 valence electrons. The molecule has 0 bridgehead atoms. The molecule has 2 rings (SSSR count). The van der Waals surface area contributed by atoms with Gasteiger partial charge < -0.3 is 14.8 Å². The Morgan fingerprint density at radius 2 is 2.33 bits per heavy atom. The minimum absolute atomic E-state index is 0.294. The van der Waals surface area contributed by atoms with Gasteiger partial charge in [-0.1, -0.05) is 11.6 Å². The van der Waals surface area contributed by atoms with Crippen molar-refractivity contribution in [1.82, 2.24) is 10.2 Å². The summed E-state index contributed by atoms with van der Waals surface area (Å²) >= 11 is 5.60. The molecule has 1 saturated heterocycles. The summed E-state index contributed by atoms with van der Waals surface area (Å²) in [5, 5.41) is 18.6. The number of carbonyl (C=O) groups is 1. The van der Waals surface area contributed by atoms with Crippen LogP contribution in [0.5, 0.6) is 0 Å². The van der Waals surface area contributed by atoms with E-state index in [0.29, 0.717) is 23.9 Å². The van der Waals surface area contributed by atoms with Crippen molar-refractivity contribution in [3.05, 3.63) is 17.3 Å². The number of carboxylic acid groups (broad SMARTS) is 1. The Hall–Kier alpha value is -1.36. The first-order valence-corrected chi connectivity index (χ1v) is 5.03. The van der Waals surface area contributed by atoms with Crippen LogP contribution in [0.2, 0.25) is 5.15 Å². The third kappa shape index (κ3) is 2.02. The zero-order chi connectivity index (χ0) is 10.8. The lowest BCUT2D eigenvalue weighted by atomic mass is 10.2. The van der Waals surface area contributed by atoms with Gasteiger partial charge in [0, 0.05) is 6.54 Å². The largest absolute Gasteiger partial charge is 0.548 e. The summed E-state index contributed by atoms with van der Waals surface area (Å²) in [7, 11) is 0. The van der Waals surface area contributed by atoms with E-state index in [4.69, 9.17) is 11.6 Å². The number of aromatic nitrogens is 2. The van der Waals surface area contributed by atoms with Gasteiger partial charge in [-0.2, -0.15) is 0 Å². The normalized spacial score (nSPS) is 20.6. The molecule has 0 N–H and O–H groups in total. The minimum atomic E-state index is -1.07. The lowest BCUT2D eigenvalue weighted by molar-refractivity contribution is -0.307. The first-order chi connectivity index (χ1) is 7.18. The summed E-state index contributed by atoms with van der Waals surface area (Å²) in [5.41, 5.74) is 0. The van der Waals surface area contributed by atoms with Gasteiger partial charge in [0.25, 0.3) is 0 Å². The van der Waals surface area contributed by atoms with Crippen LogP contribution in [0.3, 0.4) is 0 Å². The average Bonchev–Trinajstić information content (AvgIpc) is 2.67. The molecule has 15 heavy (non-hydrogen) atoms. The molecule has 1 aromatic rings. The average molecular weight is 227 g/mol. The van der Waals surface area contributed by atoms with E-state index in [0.717, 1.165) is 6.42 Å². The molecule has 6 heteroatoms. The molecule has 0 saturated carbocycles. The van der Waals surface area contributed by atoms with Gasteiger partial charge in [-0.3, -0.25) is 0 Å². The predicted molar refractivity (Wildman–Crippen MR) is 52.4 cm³/mol. The molecule has 0 aliphatic carbocycles. The molecular formula is C9H9ClN3O2-. The fourth-order valence-electron chi connectivity index (χ4n) is 1.75. The van der Waals surface area contributed by atoms with Crippen molar-refractivity contribution in [3.63, 3.8) is 0 Å². The molecule has 5 nitrogen and oxygen atoms in total. The Morgan fingerprint density at radius 3 is 2.93 bits per heavy atom. The van der Waals surface area contributed by atoms with E-state index in [1.54, 1.807) is 17.0 Å². The zero-order valence-electron chi connectivity index (χ0n) is 7.89. The molecule has 0 aromatic carbocycles. The van der Waals surface area contributed by atoms with Crippen molar-refractivity contribution in [2.75, 3.05) is 11.4 Å². The van der Waals surface area contributed by atoms with Crippen LogP contribution >= 0.6 is 11.6 Å². The second kappa shape index (κ2) is 4.02. The summed E-state index contributed by atoms with van der Waals surface area (Å²) in [6.45, 7) is 0.662. The Labute approximate surface area is 91.7 Å². The van der Waals surface area contributed by atoms with E-state index in [9.17, 15) is 9.90 Å². The predicted octanol–water partition coefficient (Wildman–Crippen LogP) is -0.151.